The number of ether oxygens (including phenoxy) is 1. The summed E-state index contributed by atoms with van der Waals surface area (Å²) < 4.78 is 5.35. The SMILES string of the molecule is COc1ccccc1CCN(C)C(=O)CCCCc1cccs1. The zero-order valence-corrected chi connectivity index (χ0v) is 14.8. The molecule has 0 unspecified atom stereocenters. The normalized spacial score (nSPS) is 10.5. The third kappa shape index (κ3) is 5.71. The fraction of sp³-hybridized carbons (Fsp3) is 0.421. The van der Waals surface area contributed by atoms with E-state index in [0.717, 1.165) is 43.5 Å². The molecule has 0 N–H and O–H groups in total. The van der Waals surface area contributed by atoms with Gasteiger partial charge in [0.25, 0.3) is 0 Å². The van der Waals surface area contributed by atoms with Gasteiger partial charge in [-0.15, -0.1) is 11.3 Å². The number of methoxy groups -OCH3 is 1. The largest absolute Gasteiger partial charge is 0.496 e. The summed E-state index contributed by atoms with van der Waals surface area (Å²) >= 11 is 1.79. The van der Waals surface area contributed by atoms with Gasteiger partial charge in [0.2, 0.25) is 5.91 Å². The summed E-state index contributed by atoms with van der Waals surface area (Å²) in [6, 6.07) is 12.2. The van der Waals surface area contributed by atoms with Crippen LogP contribution in [-0.4, -0.2) is 31.5 Å². The molecule has 0 radical (unpaired) electrons. The number of unbranched alkanes of at least 4 members (excludes halogenated alkanes) is 1. The minimum Gasteiger partial charge on any atom is -0.496 e. The highest BCUT2D eigenvalue weighted by Crippen LogP contribution is 2.18. The summed E-state index contributed by atoms with van der Waals surface area (Å²) in [5.74, 6) is 1.12. The number of carbonyl (C=O) groups is 1. The maximum absolute atomic E-state index is 12.2. The van der Waals surface area contributed by atoms with E-state index in [1.165, 1.54) is 4.88 Å². The molecule has 124 valence electrons. The second kappa shape index (κ2) is 9.36. The molecule has 4 heteroatoms. The zero-order valence-electron chi connectivity index (χ0n) is 14.0. The Balaban J connectivity index is 1.68. The van der Waals surface area contributed by atoms with Crippen molar-refractivity contribution in [1.82, 2.24) is 4.90 Å². The second-order valence-corrected chi connectivity index (χ2v) is 6.70. The van der Waals surface area contributed by atoms with Crippen molar-refractivity contribution in [3.8, 4) is 5.75 Å². The van der Waals surface area contributed by atoms with E-state index in [2.05, 4.69) is 23.6 Å². The number of hydrogen-bond donors (Lipinski definition) is 0. The van der Waals surface area contributed by atoms with E-state index in [0.29, 0.717) is 6.42 Å². The Morgan fingerprint density at radius 1 is 1.13 bits per heavy atom. The topological polar surface area (TPSA) is 29.5 Å². The molecular formula is C19H25NO2S. The van der Waals surface area contributed by atoms with Crippen LogP contribution in [0.1, 0.15) is 29.7 Å². The van der Waals surface area contributed by atoms with Crippen LogP contribution in [0.2, 0.25) is 0 Å². The van der Waals surface area contributed by atoms with Crippen LogP contribution in [0.4, 0.5) is 0 Å². The van der Waals surface area contributed by atoms with Gasteiger partial charge < -0.3 is 9.64 Å². The minimum absolute atomic E-state index is 0.228. The van der Waals surface area contributed by atoms with Crippen LogP contribution in [0.3, 0.4) is 0 Å². The second-order valence-electron chi connectivity index (χ2n) is 5.66. The van der Waals surface area contributed by atoms with Crippen LogP contribution in [0.25, 0.3) is 0 Å². The third-order valence-electron chi connectivity index (χ3n) is 3.98. The molecule has 2 rings (SSSR count). The number of amides is 1. The molecule has 0 atom stereocenters. The molecular weight excluding hydrogens is 306 g/mol. The first kappa shape index (κ1) is 17.5. The van der Waals surface area contributed by atoms with Crippen molar-refractivity contribution in [3.05, 3.63) is 52.2 Å². The molecule has 1 aromatic carbocycles. The molecule has 0 aliphatic rings. The number of para-hydroxylation sites is 1. The van der Waals surface area contributed by atoms with Gasteiger partial charge in [-0.2, -0.15) is 0 Å². The molecule has 0 bridgehead atoms. The molecule has 0 saturated carbocycles. The monoisotopic (exact) mass is 331 g/mol. The number of benzene rings is 1. The van der Waals surface area contributed by atoms with E-state index >= 15 is 0 Å². The molecule has 0 spiro atoms. The molecule has 1 heterocycles. The molecule has 0 fully saturated rings. The highest BCUT2D eigenvalue weighted by atomic mass is 32.1. The van der Waals surface area contributed by atoms with Crippen molar-refractivity contribution >= 4 is 17.2 Å². The minimum atomic E-state index is 0.228. The van der Waals surface area contributed by atoms with Crippen LogP contribution in [0, 0.1) is 0 Å². The molecule has 3 nitrogen and oxygen atoms in total. The van der Waals surface area contributed by atoms with Gasteiger partial charge in [-0.3, -0.25) is 4.79 Å². The maximum atomic E-state index is 12.2. The number of nitrogens with zero attached hydrogens (tertiary/aromatic N) is 1. The van der Waals surface area contributed by atoms with Gasteiger partial charge in [-0.1, -0.05) is 24.3 Å². The van der Waals surface area contributed by atoms with Gasteiger partial charge in [0, 0.05) is 24.9 Å². The summed E-state index contributed by atoms with van der Waals surface area (Å²) in [6.45, 7) is 0.726. The fourth-order valence-electron chi connectivity index (χ4n) is 2.54. The van der Waals surface area contributed by atoms with Gasteiger partial charge >= 0.3 is 0 Å². The van der Waals surface area contributed by atoms with Crippen molar-refractivity contribution < 1.29 is 9.53 Å². The predicted molar refractivity (Wildman–Crippen MR) is 96.2 cm³/mol. The van der Waals surface area contributed by atoms with E-state index in [9.17, 15) is 4.79 Å². The first-order valence-corrected chi connectivity index (χ1v) is 8.97. The van der Waals surface area contributed by atoms with E-state index in [-0.39, 0.29) is 5.91 Å². The Labute approximate surface area is 142 Å². The predicted octanol–water partition coefficient (Wildman–Crippen LogP) is 4.17. The average molecular weight is 331 g/mol. The van der Waals surface area contributed by atoms with E-state index in [4.69, 9.17) is 4.74 Å². The first-order chi connectivity index (χ1) is 11.2. The average Bonchev–Trinajstić information content (AvgIpc) is 3.10. The van der Waals surface area contributed by atoms with Crippen molar-refractivity contribution in [1.29, 1.82) is 0 Å². The summed E-state index contributed by atoms with van der Waals surface area (Å²) in [7, 11) is 3.57. The van der Waals surface area contributed by atoms with Crippen LogP contribution < -0.4 is 4.74 Å². The molecule has 1 amide bonds. The van der Waals surface area contributed by atoms with Crippen molar-refractivity contribution in [2.24, 2.45) is 0 Å². The quantitative estimate of drug-likeness (QED) is 0.645. The summed E-state index contributed by atoms with van der Waals surface area (Å²) in [6.07, 6.45) is 4.56. The maximum Gasteiger partial charge on any atom is 0.222 e. The lowest BCUT2D eigenvalue weighted by atomic mass is 10.1. The Morgan fingerprint density at radius 3 is 2.70 bits per heavy atom. The van der Waals surface area contributed by atoms with Gasteiger partial charge in [0.05, 0.1) is 7.11 Å². The Hall–Kier alpha value is -1.81. The molecule has 23 heavy (non-hydrogen) atoms. The van der Waals surface area contributed by atoms with Crippen LogP contribution in [0.15, 0.2) is 41.8 Å². The van der Waals surface area contributed by atoms with Gasteiger partial charge in [0.15, 0.2) is 0 Å². The number of hydrogen-bond acceptors (Lipinski definition) is 3. The lowest BCUT2D eigenvalue weighted by Gasteiger charge is -2.18. The van der Waals surface area contributed by atoms with Crippen molar-refractivity contribution in [2.45, 2.75) is 32.1 Å². The van der Waals surface area contributed by atoms with E-state index in [1.54, 1.807) is 18.4 Å². The van der Waals surface area contributed by atoms with Gasteiger partial charge in [0.1, 0.15) is 5.75 Å². The number of likely N-dealkylation sites (N-methyl/N-ethyl adjacent to an activating group) is 1. The molecule has 0 aliphatic carbocycles. The lowest BCUT2D eigenvalue weighted by Crippen LogP contribution is -2.28. The number of thiophene rings is 1. The molecule has 0 saturated heterocycles. The van der Waals surface area contributed by atoms with Gasteiger partial charge in [-0.05, 0) is 48.8 Å². The third-order valence-corrected chi connectivity index (χ3v) is 4.91. The summed E-state index contributed by atoms with van der Waals surface area (Å²) in [5, 5.41) is 2.10. The Morgan fingerprint density at radius 2 is 1.96 bits per heavy atom. The molecule has 0 aliphatic heterocycles. The Bertz CT molecular complexity index is 595. The van der Waals surface area contributed by atoms with Gasteiger partial charge in [-0.25, -0.2) is 0 Å². The summed E-state index contributed by atoms with van der Waals surface area (Å²) in [5.41, 5.74) is 1.15. The standard InChI is InChI=1S/C19H25NO2S/c1-20(14-13-16-8-3-5-11-18(16)22-2)19(21)12-6-4-9-17-10-7-15-23-17/h3,5,7-8,10-11,15H,4,6,9,12-14H2,1-2H3. The van der Waals surface area contributed by atoms with Crippen molar-refractivity contribution in [3.63, 3.8) is 0 Å². The first-order valence-electron chi connectivity index (χ1n) is 8.09. The lowest BCUT2D eigenvalue weighted by molar-refractivity contribution is -0.130. The van der Waals surface area contributed by atoms with E-state index < -0.39 is 0 Å². The van der Waals surface area contributed by atoms with Crippen LogP contribution >= 0.6 is 11.3 Å². The number of carbonyl (C=O) groups excluding carboxylic acids is 1. The smallest absolute Gasteiger partial charge is 0.222 e. The summed E-state index contributed by atoms with van der Waals surface area (Å²) in [4.78, 5) is 15.4. The molecule has 2 aromatic rings. The highest BCUT2D eigenvalue weighted by molar-refractivity contribution is 7.09. The van der Waals surface area contributed by atoms with E-state index in [1.807, 2.05) is 30.1 Å². The molecule has 1 aromatic heterocycles. The van der Waals surface area contributed by atoms with Crippen molar-refractivity contribution in [2.75, 3.05) is 20.7 Å². The highest BCUT2D eigenvalue weighted by Gasteiger charge is 2.10. The number of rotatable bonds is 9. The number of aryl methyl sites for hydroxylation is 1. The fourth-order valence-corrected chi connectivity index (χ4v) is 3.29. The Kier molecular flexibility index (Phi) is 7.14. The van der Waals surface area contributed by atoms with Crippen LogP contribution in [0.5, 0.6) is 5.75 Å². The van der Waals surface area contributed by atoms with Crippen LogP contribution in [-0.2, 0) is 17.6 Å². The zero-order chi connectivity index (χ0) is 16.5.